The quantitative estimate of drug-likeness (QED) is 0.0340. The van der Waals surface area contributed by atoms with Crippen LogP contribution in [0.4, 0.5) is 9.59 Å². The van der Waals surface area contributed by atoms with E-state index in [-0.39, 0.29) is 57.5 Å². The Morgan fingerprint density at radius 3 is 0.852 bits per heavy atom. The Morgan fingerprint density at radius 1 is 0.364 bits per heavy atom. The summed E-state index contributed by atoms with van der Waals surface area (Å²) < 4.78 is 26.3. The number of carbonyl (C=O) groups excluding carboxylic acids is 6. The second-order valence-corrected chi connectivity index (χ2v) is 27.1. The van der Waals surface area contributed by atoms with Gasteiger partial charge in [-0.05, 0) is 136 Å². The van der Waals surface area contributed by atoms with E-state index in [1.807, 2.05) is 0 Å². The third kappa shape index (κ3) is 15.1. The van der Waals surface area contributed by atoms with Crippen LogP contribution in [0, 0.1) is 0 Å². The summed E-state index contributed by atoms with van der Waals surface area (Å²) in [6, 6.07) is 29.4. The van der Waals surface area contributed by atoms with Crippen molar-refractivity contribution in [3.05, 3.63) is 186 Å². The molecule has 2 saturated heterocycles. The number of carbonyl (C=O) groups is 6. The van der Waals surface area contributed by atoms with Crippen molar-refractivity contribution in [1.29, 1.82) is 0 Å². The molecule has 0 aromatic heterocycles. The summed E-state index contributed by atoms with van der Waals surface area (Å²) in [5, 5.41) is 34.0. The Balaban J connectivity index is 1.06. The van der Waals surface area contributed by atoms with Gasteiger partial charge in [-0.2, -0.15) is 0 Å². The fourth-order valence-corrected chi connectivity index (χ4v) is 10.7. The minimum Gasteiger partial charge on any atom is -0.507 e. The van der Waals surface area contributed by atoms with Crippen LogP contribution in [0.15, 0.2) is 108 Å². The molecule has 2 heterocycles. The van der Waals surface area contributed by atoms with Gasteiger partial charge in [-0.3, -0.25) is 40.4 Å². The number of imide groups is 4. The van der Waals surface area contributed by atoms with Crippen LogP contribution < -0.4 is 40.2 Å². The fraction of sp³-hybridized carbons (Fsp3) is 0.361. The summed E-state index contributed by atoms with van der Waals surface area (Å²) in [6.07, 6.45) is 5.15. The molecule has 6 aromatic carbocycles. The number of nitrogens with one attached hydrogen (secondary N) is 4. The van der Waals surface area contributed by atoms with Crippen molar-refractivity contribution in [1.82, 2.24) is 21.3 Å². The number of phenols is 2. The van der Waals surface area contributed by atoms with Crippen molar-refractivity contribution >= 4 is 47.8 Å². The zero-order valence-electron chi connectivity index (χ0n) is 52.4. The number of rotatable bonds is 14. The summed E-state index contributed by atoms with van der Waals surface area (Å²) in [6.45, 7) is 27.3. The lowest BCUT2D eigenvalue weighted by Crippen LogP contribution is -2.51. The van der Waals surface area contributed by atoms with E-state index in [9.17, 15) is 39.0 Å². The highest BCUT2D eigenvalue weighted by molar-refractivity contribution is 6.31. The van der Waals surface area contributed by atoms with Gasteiger partial charge in [0.05, 0.1) is 26.4 Å². The Morgan fingerprint density at radius 2 is 0.602 bits per heavy atom. The highest BCUT2D eigenvalue weighted by Crippen LogP contribution is 2.44. The van der Waals surface area contributed by atoms with Crippen LogP contribution in [-0.4, -0.2) is 72.3 Å². The summed E-state index contributed by atoms with van der Waals surface area (Å²) in [5.41, 5.74) is 10.4. The average Bonchev–Trinajstić information content (AvgIpc) is 1.63. The molecule has 16 heteroatoms. The molecule has 6 aromatic rings. The van der Waals surface area contributed by atoms with Crippen LogP contribution in [0.25, 0.3) is 12.2 Å². The van der Waals surface area contributed by atoms with Gasteiger partial charge in [0.1, 0.15) is 45.6 Å². The van der Waals surface area contributed by atoms with Crippen LogP contribution in [0.2, 0.25) is 0 Å². The molecule has 0 saturated carbocycles. The number of amides is 8. The second-order valence-electron chi connectivity index (χ2n) is 27.1. The number of barbiturate groups is 2. The average molecular weight is 1190 g/mol. The molecule has 88 heavy (non-hydrogen) atoms. The van der Waals surface area contributed by atoms with Gasteiger partial charge in [-0.15, -0.1) is 0 Å². The Kier molecular flexibility index (Phi) is 18.2. The van der Waals surface area contributed by atoms with E-state index in [4.69, 9.17) is 18.9 Å². The fourth-order valence-electron chi connectivity index (χ4n) is 10.7. The van der Waals surface area contributed by atoms with Crippen molar-refractivity contribution in [2.24, 2.45) is 0 Å². The molecule has 0 radical (unpaired) electrons. The SMILES string of the molecule is CC(C)(C)c1cc2c(O)c(c1)Cc1cc(C(C)(C)C)cc(c1OCCCOc1ccc(C=C3C(=O)NC(=O)NC3=O)cc1)Cc1cc(C(C)(C)C)cc(c1O)Cc1cc(C(C)(C)C)cc(c1OCCCOc1ccc(C=C3C(=O)NC(=O)NC3=O)cc1)C2. The third-order valence-corrected chi connectivity index (χ3v) is 15.9. The third-order valence-electron chi connectivity index (χ3n) is 15.9. The van der Waals surface area contributed by atoms with Crippen LogP contribution in [0.1, 0.15) is 174 Å². The Hall–Kier alpha value is -9.18. The maximum atomic E-state index is 12.8. The van der Waals surface area contributed by atoms with Gasteiger partial charge in [-0.25, -0.2) is 9.59 Å². The topological polar surface area (TPSA) is 228 Å². The highest BCUT2D eigenvalue weighted by Gasteiger charge is 2.31. The first-order valence-corrected chi connectivity index (χ1v) is 29.9. The summed E-state index contributed by atoms with van der Waals surface area (Å²) in [7, 11) is 0. The minimum absolute atomic E-state index is 0.182. The Labute approximate surface area is 515 Å². The molecule has 8 bridgehead atoms. The first-order chi connectivity index (χ1) is 41.4. The van der Waals surface area contributed by atoms with E-state index < -0.39 is 35.7 Å². The summed E-state index contributed by atoms with van der Waals surface area (Å²) in [5.74, 6) is -0.222. The van der Waals surface area contributed by atoms with Gasteiger partial charge in [0.25, 0.3) is 23.6 Å². The lowest BCUT2D eigenvalue weighted by Gasteiger charge is -2.28. The van der Waals surface area contributed by atoms with Crippen molar-refractivity contribution in [3.8, 4) is 34.5 Å². The molecule has 6 N–H and O–H groups in total. The van der Waals surface area contributed by atoms with Crippen LogP contribution in [-0.2, 0) is 66.5 Å². The van der Waals surface area contributed by atoms with Crippen molar-refractivity contribution in [2.75, 3.05) is 26.4 Å². The summed E-state index contributed by atoms with van der Waals surface area (Å²) in [4.78, 5) is 72.4. The number of urea groups is 2. The summed E-state index contributed by atoms with van der Waals surface area (Å²) >= 11 is 0. The van der Waals surface area contributed by atoms with E-state index in [0.717, 1.165) is 66.8 Å². The van der Waals surface area contributed by atoms with E-state index in [1.54, 1.807) is 48.5 Å². The maximum absolute atomic E-state index is 12.8. The van der Waals surface area contributed by atoms with Gasteiger partial charge in [0.2, 0.25) is 0 Å². The lowest BCUT2D eigenvalue weighted by atomic mass is 9.79. The van der Waals surface area contributed by atoms with Gasteiger partial charge in [-0.1, -0.05) is 156 Å². The smallest absolute Gasteiger partial charge is 0.328 e. The number of phenolic OH excluding ortho intramolecular Hbond substituents is 2. The van der Waals surface area contributed by atoms with E-state index in [1.165, 1.54) is 12.2 Å². The number of hydrogen-bond donors (Lipinski definition) is 6. The van der Waals surface area contributed by atoms with Gasteiger partial charge >= 0.3 is 12.1 Å². The lowest BCUT2D eigenvalue weighted by molar-refractivity contribution is -0.125. The highest BCUT2D eigenvalue weighted by atomic mass is 16.5. The standard InChI is InChI=1S/C72H80N4O12/c1-69(2,3)51-33-43-29-47-37-53(71(7,8)9)39-49(61(47)87-25-13-23-85-55-19-15-41(16-20-55)27-57-63(79)73-67(83)74-64(57)80)31-45-35-52(70(4,5)6)36-46(60(45)78)32-50-40-54(72(10,11)12)38-48(30-44(34-51)59(43)77)62(50)88-26-14-24-86-56-21-17-42(18-22-56)28-58-65(81)75-68(84)76-66(58)82/h15-22,27-28,33-40,77-78H,13-14,23-26,29-32H2,1-12H3,(H2,73,74,79,80,83)(H2,75,76,81,82,84). The van der Waals surface area contributed by atoms with Gasteiger partial charge in [0.15, 0.2) is 0 Å². The number of fused-ring (bicyclic) bond motifs is 8. The maximum Gasteiger partial charge on any atom is 0.328 e. The molecule has 0 atom stereocenters. The molecule has 2 fully saturated rings. The monoisotopic (exact) mass is 1190 g/mol. The normalized spacial score (nSPS) is 14.8. The Bertz CT molecular complexity index is 3420. The zero-order valence-corrected chi connectivity index (χ0v) is 52.4. The van der Waals surface area contributed by atoms with Crippen LogP contribution in [0.5, 0.6) is 34.5 Å². The molecule has 3 aliphatic rings. The number of hydrogen-bond acceptors (Lipinski definition) is 12. The largest absolute Gasteiger partial charge is 0.507 e. The molecule has 0 unspecified atom stereocenters. The number of ether oxygens (including phenoxy) is 4. The molecule has 0 spiro atoms. The van der Waals surface area contributed by atoms with Crippen LogP contribution in [0.3, 0.4) is 0 Å². The molecule has 1 aliphatic carbocycles. The second kappa shape index (κ2) is 25.3. The predicted molar refractivity (Wildman–Crippen MR) is 339 cm³/mol. The first-order valence-electron chi connectivity index (χ1n) is 29.9. The van der Waals surface area contributed by atoms with Crippen LogP contribution >= 0.6 is 0 Å². The first kappa shape index (κ1) is 63.3. The number of aromatic hydroxyl groups is 2. The molecule has 460 valence electrons. The van der Waals surface area contributed by atoms with Crippen molar-refractivity contribution in [2.45, 2.75) is 143 Å². The molecular weight excluding hydrogens is 1110 g/mol. The zero-order chi connectivity index (χ0) is 63.6. The molecule has 2 aliphatic heterocycles. The van der Waals surface area contributed by atoms with Gasteiger partial charge in [0, 0.05) is 38.5 Å². The predicted octanol–water partition coefficient (Wildman–Crippen LogP) is 12.2. The van der Waals surface area contributed by atoms with E-state index in [2.05, 4.69) is 153 Å². The molecule has 8 amide bonds. The molecular formula is C72H80N4O12. The van der Waals surface area contributed by atoms with Gasteiger partial charge < -0.3 is 29.2 Å². The molecule has 9 rings (SSSR count). The van der Waals surface area contributed by atoms with E-state index in [0.29, 0.717) is 85.9 Å². The van der Waals surface area contributed by atoms with E-state index >= 15 is 0 Å². The molecule has 16 nitrogen and oxygen atoms in total. The minimum atomic E-state index is -0.862. The van der Waals surface area contributed by atoms with Crippen molar-refractivity contribution in [3.63, 3.8) is 0 Å². The number of benzene rings is 6. The van der Waals surface area contributed by atoms with Crippen molar-refractivity contribution < 1.29 is 57.9 Å².